The summed E-state index contributed by atoms with van der Waals surface area (Å²) in [5.41, 5.74) is 0.639. The topological polar surface area (TPSA) is 92.4 Å². The highest BCUT2D eigenvalue weighted by Gasteiger charge is 2.40. The van der Waals surface area contributed by atoms with Crippen LogP contribution in [-0.4, -0.2) is 29.1 Å². The minimum Gasteiger partial charge on any atom is -0.492 e. The van der Waals surface area contributed by atoms with Crippen molar-refractivity contribution in [2.24, 2.45) is 0 Å². The van der Waals surface area contributed by atoms with Gasteiger partial charge in [0.1, 0.15) is 11.3 Å². The summed E-state index contributed by atoms with van der Waals surface area (Å²) in [7, 11) is 0. The Balaban J connectivity index is 1.68. The number of hydrogen-bond acceptors (Lipinski definition) is 4. The number of hydrogen-bond donors (Lipinski definition) is 3. The van der Waals surface area contributed by atoms with E-state index in [4.69, 9.17) is 4.74 Å². The Labute approximate surface area is 171 Å². The van der Waals surface area contributed by atoms with Crippen molar-refractivity contribution in [1.82, 2.24) is 15.6 Å². The molecule has 7 heteroatoms. The van der Waals surface area contributed by atoms with Gasteiger partial charge in [0, 0.05) is 18.9 Å². The van der Waals surface area contributed by atoms with Gasteiger partial charge in [-0.15, -0.1) is 0 Å². The van der Waals surface area contributed by atoms with Crippen LogP contribution in [0.25, 0.3) is 0 Å². The van der Waals surface area contributed by atoms with Crippen LogP contribution in [0, 0.1) is 0 Å². The number of para-hydroxylation sites is 2. The number of carbonyl (C=O) groups is 2. The van der Waals surface area contributed by atoms with Gasteiger partial charge in [0.2, 0.25) is 5.91 Å². The number of rotatable bonds is 7. The number of carbonyl (C=O) groups excluding carboxylic acids is 2. The first-order valence-corrected chi connectivity index (χ1v) is 10.1. The fraction of sp³-hybridized carbons (Fsp3) is 0.409. The third-order valence-electron chi connectivity index (χ3n) is 5.13. The zero-order chi connectivity index (χ0) is 20.5. The summed E-state index contributed by atoms with van der Waals surface area (Å²) in [5.74, 6) is 0.451. The number of nitrogens with zero attached hydrogens (tertiary/aromatic N) is 1. The molecular weight excluding hydrogens is 368 g/mol. The molecule has 1 aliphatic rings. The standard InChI is InChI=1S/C22H28N4O3/c1-2-29-19-9-5-4-8-18(19)25-21(28)26-22(12-6-3-7-13-22)20(27)24-16-17-10-14-23-15-11-17/h4-5,8-11,14-15H,2-3,6-7,12-13,16H2,1H3,(H,24,27)(H2,25,26,28). The van der Waals surface area contributed by atoms with Gasteiger partial charge < -0.3 is 20.7 Å². The number of urea groups is 1. The summed E-state index contributed by atoms with van der Waals surface area (Å²) in [6.45, 7) is 2.79. The van der Waals surface area contributed by atoms with Crippen molar-refractivity contribution in [1.29, 1.82) is 0 Å². The summed E-state index contributed by atoms with van der Waals surface area (Å²) in [4.78, 5) is 29.8. The largest absolute Gasteiger partial charge is 0.492 e. The normalized spacial score (nSPS) is 15.2. The fourth-order valence-electron chi connectivity index (χ4n) is 3.64. The Morgan fingerprint density at radius 1 is 1.07 bits per heavy atom. The van der Waals surface area contributed by atoms with E-state index in [1.165, 1.54) is 0 Å². The molecule has 0 spiro atoms. The Morgan fingerprint density at radius 2 is 1.79 bits per heavy atom. The molecule has 7 nitrogen and oxygen atoms in total. The minimum absolute atomic E-state index is 0.151. The first kappa shape index (κ1) is 20.6. The molecule has 0 radical (unpaired) electrons. The number of aromatic nitrogens is 1. The van der Waals surface area contributed by atoms with Crippen LogP contribution in [0.15, 0.2) is 48.8 Å². The van der Waals surface area contributed by atoms with Gasteiger partial charge in [-0.05, 0) is 49.6 Å². The van der Waals surface area contributed by atoms with Crippen LogP contribution in [0.3, 0.4) is 0 Å². The van der Waals surface area contributed by atoms with E-state index in [0.29, 0.717) is 37.4 Å². The van der Waals surface area contributed by atoms with E-state index >= 15 is 0 Å². The highest BCUT2D eigenvalue weighted by Crippen LogP contribution is 2.29. The number of ether oxygens (including phenoxy) is 1. The third kappa shape index (κ3) is 5.47. The fourth-order valence-corrected chi connectivity index (χ4v) is 3.64. The molecular formula is C22H28N4O3. The van der Waals surface area contributed by atoms with Gasteiger partial charge in [-0.1, -0.05) is 31.4 Å². The number of benzene rings is 1. The molecule has 1 aromatic heterocycles. The van der Waals surface area contributed by atoms with E-state index in [1.807, 2.05) is 31.2 Å². The van der Waals surface area contributed by atoms with E-state index in [9.17, 15) is 9.59 Å². The van der Waals surface area contributed by atoms with Gasteiger partial charge in [-0.3, -0.25) is 9.78 Å². The molecule has 0 saturated heterocycles. The van der Waals surface area contributed by atoms with Crippen LogP contribution in [0.1, 0.15) is 44.6 Å². The lowest BCUT2D eigenvalue weighted by Gasteiger charge is -2.36. The molecule has 0 unspecified atom stereocenters. The van der Waals surface area contributed by atoms with E-state index in [2.05, 4.69) is 20.9 Å². The van der Waals surface area contributed by atoms with Gasteiger partial charge in [-0.2, -0.15) is 0 Å². The van der Waals surface area contributed by atoms with Crippen molar-refractivity contribution in [3.63, 3.8) is 0 Å². The van der Waals surface area contributed by atoms with Crippen LogP contribution in [0.4, 0.5) is 10.5 Å². The molecule has 1 aliphatic carbocycles. The summed E-state index contributed by atoms with van der Waals surface area (Å²) in [5, 5.41) is 8.77. The molecule has 3 N–H and O–H groups in total. The molecule has 29 heavy (non-hydrogen) atoms. The SMILES string of the molecule is CCOc1ccccc1NC(=O)NC1(C(=O)NCc2ccncc2)CCCCC1. The van der Waals surface area contributed by atoms with Gasteiger partial charge in [0.05, 0.1) is 12.3 Å². The van der Waals surface area contributed by atoms with Crippen LogP contribution < -0.4 is 20.7 Å². The highest BCUT2D eigenvalue weighted by atomic mass is 16.5. The minimum atomic E-state index is -0.907. The average Bonchev–Trinajstić information content (AvgIpc) is 2.75. The van der Waals surface area contributed by atoms with Crippen molar-refractivity contribution in [3.05, 3.63) is 54.4 Å². The van der Waals surface area contributed by atoms with Gasteiger partial charge in [-0.25, -0.2) is 4.79 Å². The lowest BCUT2D eigenvalue weighted by Crippen LogP contribution is -2.60. The summed E-state index contributed by atoms with van der Waals surface area (Å²) in [6.07, 6.45) is 7.50. The van der Waals surface area contributed by atoms with Gasteiger partial charge >= 0.3 is 6.03 Å². The molecule has 1 fully saturated rings. The van der Waals surface area contributed by atoms with Gasteiger partial charge in [0.15, 0.2) is 0 Å². The molecule has 1 aromatic carbocycles. The molecule has 154 valence electrons. The van der Waals surface area contributed by atoms with Crippen LogP contribution in [0.5, 0.6) is 5.75 Å². The second-order valence-corrected chi connectivity index (χ2v) is 7.19. The molecule has 0 aliphatic heterocycles. The predicted molar refractivity (Wildman–Crippen MR) is 112 cm³/mol. The maximum atomic E-state index is 13.1. The zero-order valence-corrected chi connectivity index (χ0v) is 16.7. The Hall–Kier alpha value is -3.09. The van der Waals surface area contributed by atoms with Crippen molar-refractivity contribution >= 4 is 17.6 Å². The quantitative estimate of drug-likeness (QED) is 0.666. The number of nitrogens with one attached hydrogen (secondary N) is 3. The van der Waals surface area contributed by atoms with Crippen molar-refractivity contribution < 1.29 is 14.3 Å². The van der Waals surface area contributed by atoms with Crippen LogP contribution >= 0.6 is 0 Å². The van der Waals surface area contributed by atoms with E-state index < -0.39 is 11.6 Å². The monoisotopic (exact) mass is 396 g/mol. The average molecular weight is 396 g/mol. The molecule has 1 saturated carbocycles. The smallest absolute Gasteiger partial charge is 0.320 e. The Bertz CT molecular complexity index is 820. The first-order chi connectivity index (χ1) is 14.1. The number of anilines is 1. The Kier molecular flexibility index (Phi) is 7.05. The van der Waals surface area contributed by atoms with Crippen molar-refractivity contribution in [3.8, 4) is 5.75 Å². The lowest BCUT2D eigenvalue weighted by molar-refractivity contribution is -0.128. The molecule has 0 atom stereocenters. The second kappa shape index (κ2) is 9.91. The number of pyridine rings is 1. The highest BCUT2D eigenvalue weighted by molar-refractivity contribution is 5.96. The molecule has 3 rings (SSSR count). The second-order valence-electron chi connectivity index (χ2n) is 7.19. The van der Waals surface area contributed by atoms with E-state index in [0.717, 1.165) is 24.8 Å². The summed E-state index contributed by atoms with van der Waals surface area (Å²) in [6, 6.07) is 10.6. The summed E-state index contributed by atoms with van der Waals surface area (Å²) < 4.78 is 5.56. The third-order valence-corrected chi connectivity index (χ3v) is 5.13. The maximum absolute atomic E-state index is 13.1. The van der Waals surface area contributed by atoms with Crippen molar-refractivity contribution in [2.45, 2.75) is 51.1 Å². The lowest BCUT2D eigenvalue weighted by atomic mass is 9.81. The van der Waals surface area contributed by atoms with Crippen molar-refractivity contribution in [2.75, 3.05) is 11.9 Å². The maximum Gasteiger partial charge on any atom is 0.320 e. The van der Waals surface area contributed by atoms with Gasteiger partial charge in [0.25, 0.3) is 0 Å². The molecule has 2 aromatic rings. The molecule has 1 heterocycles. The molecule has 0 bridgehead atoms. The van der Waals surface area contributed by atoms with E-state index in [1.54, 1.807) is 24.5 Å². The zero-order valence-electron chi connectivity index (χ0n) is 16.7. The number of amides is 3. The molecule has 3 amide bonds. The van der Waals surface area contributed by atoms with Crippen LogP contribution in [-0.2, 0) is 11.3 Å². The van der Waals surface area contributed by atoms with Crippen LogP contribution in [0.2, 0.25) is 0 Å². The first-order valence-electron chi connectivity index (χ1n) is 10.1. The van der Waals surface area contributed by atoms with E-state index in [-0.39, 0.29) is 5.91 Å². The summed E-state index contributed by atoms with van der Waals surface area (Å²) >= 11 is 0. The predicted octanol–water partition coefficient (Wildman–Crippen LogP) is 3.62. The Morgan fingerprint density at radius 3 is 2.52 bits per heavy atom.